The van der Waals surface area contributed by atoms with Crippen molar-refractivity contribution in [2.45, 2.75) is 43.5 Å². The number of rotatable bonds is 7. The van der Waals surface area contributed by atoms with E-state index in [9.17, 15) is 8.42 Å². The van der Waals surface area contributed by atoms with Crippen molar-refractivity contribution in [3.63, 3.8) is 0 Å². The van der Waals surface area contributed by atoms with Crippen LogP contribution in [-0.4, -0.2) is 32.4 Å². The van der Waals surface area contributed by atoms with E-state index in [0.717, 1.165) is 18.4 Å². The maximum atomic E-state index is 12.7. The maximum absolute atomic E-state index is 12.7. The standard InChI is InChI=1S/C13H22N2O2S2/c1-10(2)15(8-11-4-5-11)19(16,17)13-6-12(7-14-3)9-18-13/h6,9-11,14H,4-5,7-8H2,1-3H3. The molecule has 1 aromatic rings. The van der Waals surface area contributed by atoms with Crippen LogP contribution in [-0.2, 0) is 16.6 Å². The van der Waals surface area contributed by atoms with Crippen LogP contribution >= 0.6 is 11.3 Å². The number of nitrogens with one attached hydrogen (secondary N) is 1. The Bertz CT molecular complexity index is 519. The minimum absolute atomic E-state index is 0.0143. The lowest BCUT2D eigenvalue weighted by Gasteiger charge is -2.25. The third kappa shape index (κ3) is 3.56. The Morgan fingerprint density at radius 1 is 1.47 bits per heavy atom. The number of thiophene rings is 1. The molecule has 0 amide bonds. The first-order valence-corrected chi connectivity index (χ1v) is 9.01. The summed E-state index contributed by atoms with van der Waals surface area (Å²) in [5.41, 5.74) is 1.03. The average molecular weight is 302 g/mol. The van der Waals surface area contributed by atoms with E-state index in [2.05, 4.69) is 5.32 Å². The van der Waals surface area contributed by atoms with Crippen molar-refractivity contribution in [3.8, 4) is 0 Å². The van der Waals surface area contributed by atoms with Gasteiger partial charge in [-0.1, -0.05) is 0 Å². The molecule has 1 fully saturated rings. The molecule has 108 valence electrons. The molecular formula is C13H22N2O2S2. The molecule has 2 rings (SSSR count). The summed E-state index contributed by atoms with van der Waals surface area (Å²) in [6.07, 6.45) is 2.32. The number of nitrogens with zero attached hydrogens (tertiary/aromatic N) is 1. The van der Waals surface area contributed by atoms with Gasteiger partial charge in [0.1, 0.15) is 4.21 Å². The van der Waals surface area contributed by atoms with E-state index in [1.54, 1.807) is 10.4 Å². The van der Waals surface area contributed by atoms with E-state index in [4.69, 9.17) is 0 Å². The van der Waals surface area contributed by atoms with Crippen LogP contribution in [0.2, 0.25) is 0 Å². The van der Waals surface area contributed by atoms with Crippen LogP contribution in [0, 0.1) is 5.92 Å². The SMILES string of the molecule is CNCc1csc(S(=O)(=O)N(CC2CC2)C(C)C)c1. The summed E-state index contributed by atoms with van der Waals surface area (Å²) >= 11 is 1.32. The molecule has 0 saturated heterocycles. The van der Waals surface area contributed by atoms with Gasteiger partial charge in [0.25, 0.3) is 10.0 Å². The van der Waals surface area contributed by atoms with Crippen molar-refractivity contribution in [3.05, 3.63) is 17.0 Å². The summed E-state index contributed by atoms with van der Waals surface area (Å²) in [7, 11) is -1.47. The first-order valence-electron chi connectivity index (χ1n) is 6.69. The summed E-state index contributed by atoms with van der Waals surface area (Å²) in [6, 6.07) is 1.80. The molecule has 1 saturated carbocycles. The van der Waals surface area contributed by atoms with Gasteiger partial charge in [-0.25, -0.2) is 8.42 Å². The molecule has 1 aliphatic carbocycles. The van der Waals surface area contributed by atoms with Crippen molar-refractivity contribution in [2.75, 3.05) is 13.6 Å². The monoisotopic (exact) mass is 302 g/mol. The van der Waals surface area contributed by atoms with E-state index >= 15 is 0 Å². The Kier molecular flexibility index (Phi) is 4.66. The Labute approximate surface area is 119 Å². The van der Waals surface area contributed by atoms with Gasteiger partial charge in [0.15, 0.2) is 0 Å². The summed E-state index contributed by atoms with van der Waals surface area (Å²) in [6.45, 7) is 5.26. The molecule has 19 heavy (non-hydrogen) atoms. The van der Waals surface area contributed by atoms with Crippen molar-refractivity contribution < 1.29 is 8.42 Å². The summed E-state index contributed by atoms with van der Waals surface area (Å²) in [4.78, 5) is 0. The molecule has 0 bridgehead atoms. The van der Waals surface area contributed by atoms with Gasteiger partial charge in [-0.15, -0.1) is 11.3 Å². The zero-order valence-electron chi connectivity index (χ0n) is 11.7. The molecule has 0 aliphatic heterocycles. The van der Waals surface area contributed by atoms with E-state index in [0.29, 0.717) is 23.2 Å². The van der Waals surface area contributed by atoms with E-state index in [-0.39, 0.29) is 6.04 Å². The van der Waals surface area contributed by atoms with Crippen LogP contribution < -0.4 is 5.32 Å². The topological polar surface area (TPSA) is 49.4 Å². The van der Waals surface area contributed by atoms with Crippen molar-refractivity contribution in [1.82, 2.24) is 9.62 Å². The average Bonchev–Trinajstić information content (AvgIpc) is 3.03. The highest BCUT2D eigenvalue weighted by Gasteiger charge is 2.34. The van der Waals surface area contributed by atoms with Crippen molar-refractivity contribution in [2.24, 2.45) is 5.92 Å². The zero-order chi connectivity index (χ0) is 14.0. The summed E-state index contributed by atoms with van der Waals surface area (Å²) in [5, 5.41) is 4.96. The smallest absolute Gasteiger partial charge is 0.252 e. The van der Waals surface area contributed by atoms with Crippen LogP contribution in [0.4, 0.5) is 0 Å². The first kappa shape index (κ1) is 15.0. The van der Waals surface area contributed by atoms with Gasteiger partial charge in [-0.05, 0) is 56.7 Å². The van der Waals surface area contributed by atoms with Crippen molar-refractivity contribution in [1.29, 1.82) is 0 Å². The minimum Gasteiger partial charge on any atom is -0.316 e. The van der Waals surface area contributed by atoms with Gasteiger partial charge in [-0.2, -0.15) is 4.31 Å². The molecule has 0 atom stereocenters. The predicted molar refractivity (Wildman–Crippen MR) is 78.8 cm³/mol. The molecule has 4 nitrogen and oxygen atoms in total. The van der Waals surface area contributed by atoms with Crippen LogP contribution in [0.15, 0.2) is 15.7 Å². The maximum Gasteiger partial charge on any atom is 0.252 e. The van der Waals surface area contributed by atoms with Gasteiger partial charge >= 0.3 is 0 Å². The summed E-state index contributed by atoms with van der Waals surface area (Å²) < 4.78 is 27.5. The fourth-order valence-corrected chi connectivity index (χ4v) is 5.09. The van der Waals surface area contributed by atoms with Crippen LogP contribution in [0.1, 0.15) is 32.3 Å². The quantitative estimate of drug-likeness (QED) is 0.840. The molecule has 0 aromatic carbocycles. The molecule has 1 N–H and O–H groups in total. The van der Waals surface area contributed by atoms with Gasteiger partial charge < -0.3 is 5.32 Å². The summed E-state index contributed by atoms with van der Waals surface area (Å²) in [5.74, 6) is 0.564. The molecule has 1 aromatic heterocycles. The van der Waals surface area contributed by atoms with E-state index in [1.165, 1.54) is 11.3 Å². The Morgan fingerprint density at radius 2 is 2.16 bits per heavy atom. The normalized spacial score (nSPS) is 16.5. The van der Waals surface area contributed by atoms with Gasteiger partial charge in [0, 0.05) is 19.1 Å². The minimum atomic E-state index is -3.33. The fourth-order valence-electron chi connectivity index (χ4n) is 2.04. The third-order valence-corrected chi connectivity index (χ3v) is 6.79. The fraction of sp³-hybridized carbons (Fsp3) is 0.692. The second kappa shape index (κ2) is 5.91. The molecule has 6 heteroatoms. The Hall–Kier alpha value is -0.430. The lowest BCUT2D eigenvalue weighted by Crippen LogP contribution is -2.38. The van der Waals surface area contributed by atoms with Crippen LogP contribution in [0.25, 0.3) is 0 Å². The predicted octanol–water partition coefficient (Wildman–Crippen LogP) is 2.28. The van der Waals surface area contributed by atoms with Gasteiger partial charge in [0.2, 0.25) is 0 Å². The number of hydrogen-bond donors (Lipinski definition) is 1. The van der Waals surface area contributed by atoms with E-state index in [1.807, 2.05) is 26.3 Å². The number of sulfonamides is 1. The third-order valence-electron chi connectivity index (χ3n) is 3.28. The van der Waals surface area contributed by atoms with Gasteiger partial charge in [0.05, 0.1) is 0 Å². The zero-order valence-corrected chi connectivity index (χ0v) is 13.4. The molecule has 0 unspecified atom stereocenters. The Morgan fingerprint density at radius 3 is 2.68 bits per heavy atom. The molecule has 0 spiro atoms. The number of hydrogen-bond acceptors (Lipinski definition) is 4. The van der Waals surface area contributed by atoms with Gasteiger partial charge in [-0.3, -0.25) is 0 Å². The highest BCUT2D eigenvalue weighted by atomic mass is 32.2. The first-order chi connectivity index (χ1) is 8.95. The molecule has 0 radical (unpaired) electrons. The second-order valence-electron chi connectivity index (χ2n) is 5.42. The molecule has 1 heterocycles. The van der Waals surface area contributed by atoms with Crippen LogP contribution in [0.3, 0.4) is 0 Å². The lowest BCUT2D eigenvalue weighted by molar-refractivity contribution is 0.342. The van der Waals surface area contributed by atoms with E-state index < -0.39 is 10.0 Å². The molecule has 1 aliphatic rings. The molecular weight excluding hydrogens is 280 g/mol. The van der Waals surface area contributed by atoms with Crippen LogP contribution in [0.5, 0.6) is 0 Å². The lowest BCUT2D eigenvalue weighted by atomic mass is 10.3. The highest BCUT2D eigenvalue weighted by Crippen LogP contribution is 2.33. The second-order valence-corrected chi connectivity index (χ2v) is 8.44. The Balaban J connectivity index is 2.21. The van der Waals surface area contributed by atoms with Crippen molar-refractivity contribution >= 4 is 21.4 Å². The highest BCUT2D eigenvalue weighted by molar-refractivity contribution is 7.91. The largest absolute Gasteiger partial charge is 0.316 e.